The number of hydrazone groups is 1. The zero-order valence-electron chi connectivity index (χ0n) is 13.8. The molecule has 0 spiro atoms. The lowest BCUT2D eigenvalue weighted by molar-refractivity contribution is -0.125. The van der Waals surface area contributed by atoms with Crippen molar-refractivity contribution in [3.8, 4) is 0 Å². The lowest BCUT2D eigenvalue weighted by Crippen LogP contribution is -2.22. The standard InChI is InChI=1S/C19H18N4O2/c1-14(15-7-3-2-4-8-15)23-25-13-19(24)22-20-12-17-11-16-9-5-6-10-18(16)21-17/h2-12,21H,13H2,1H3,(H,22,24)/b20-12+,23-14?. The highest BCUT2D eigenvalue weighted by atomic mass is 16.6. The summed E-state index contributed by atoms with van der Waals surface area (Å²) in [6.07, 6.45) is 1.55. The molecule has 0 aliphatic rings. The SMILES string of the molecule is CC(=NOCC(=O)N/N=C/c1cc2ccccc2[nH]1)c1ccccc1. The average Bonchev–Trinajstić information content (AvgIpc) is 3.05. The molecule has 0 saturated heterocycles. The lowest BCUT2D eigenvalue weighted by Gasteiger charge is -2.01. The van der Waals surface area contributed by atoms with Crippen molar-refractivity contribution < 1.29 is 9.63 Å². The van der Waals surface area contributed by atoms with Crippen LogP contribution in [0, 0.1) is 0 Å². The first-order chi connectivity index (χ1) is 12.2. The zero-order valence-corrected chi connectivity index (χ0v) is 13.8. The molecule has 0 unspecified atom stereocenters. The second-order valence-electron chi connectivity index (χ2n) is 5.42. The van der Waals surface area contributed by atoms with Crippen LogP contribution in [0.2, 0.25) is 0 Å². The van der Waals surface area contributed by atoms with Crippen LogP contribution in [0.3, 0.4) is 0 Å². The second kappa shape index (κ2) is 7.92. The van der Waals surface area contributed by atoms with Crippen molar-refractivity contribution in [3.05, 3.63) is 71.9 Å². The highest BCUT2D eigenvalue weighted by Gasteiger charge is 2.01. The van der Waals surface area contributed by atoms with Crippen LogP contribution >= 0.6 is 0 Å². The van der Waals surface area contributed by atoms with Gasteiger partial charge in [0, 0.05) is 10.9 Å². The molecule has 2 aromatic carbocycles. The molecule has 1 amide bonds. The van der Waals surface area contributed by atoms with E-state index in [1.165, 1.54) is 0 Å². The minimum atomic E-state index is -0.378. The van der Waals surface area contributed by atoms with E-state index >= 15 is 0 Å². The largest absolute Gasteiger partial charge is 0.385 e. The summed E-state index contributed by atoms with van der Waals surface area (Å²) in [5, 5.41) is 8.92. The van der Waals surface area contributed by atoms with Crippen molar-refractivity contribution in [2.45, 2.75) is 6.92 Å². The Bertz CT molecular complexity index is 880. The van der Waals surface area contributed by atoms with Gasteiger partial charge in [-0.15, -0.1) is 0 Å². The fraction of sp³-hybridized carbons (Fsp3) is 0.105. The van der Waals surface area contributed by atoms with E-state index in [0.29, 0.717) is 5.71 Å². The Morgan fingerprint density at radius 1 is 1.16 bits per heavy atom. The molecule has 0 aliphatic carbocycles. The molecule has 0 aliphatic heterocycles. The molecular weight excluding hydrogens is 316 g/mol. The summed E-state index contributed by atoms with van der Waals surface area (Å²) < 4.78 is 0. The number of nitrogens with one attached hydrogen (secondary N) is 2. The van der Waals surface area contributed by atoms with Crippen molar-refractivity contribution in [2.75, 3.05) is 6.61 Å². The molecule has 6 nitrogen and oxygen atoms in total. The number of nitrogens with zero attached hydrogens (tertiary/aromatic N) is 2. The molecule has 0 saturated carbocycles. The Morgan fingerprint density at radius 2 is 1.92 bits per heavy atom. The lowest BCUT2D eigenvalue weighted by atomic mass is 10.1. The van der Waals surface area contributed by atoms with Crippen LogP contribution in [0.4, 0.5) is 0 Å². The monoisotopic (exact) mass is 334 g/mol. The summed E-state index contributed by atoms with van der Waals surface area (Å²) in [7, 11) is 0. The minimum absolute atomic E-state index is 0.200. The van der Waals surface area contributed by atoms with E-state index in [0.717, 1.165) is 22.2 Å². The number of H-pyrrole nitrogens is 1. The number of hydrogen-bond donors (Lipinski definition) is 2. The number of aromatic amines is 1. The van der Waals surface area contributed by atoms with Crippen LogP contribution in [-0.4, -0.2) is 29.4 Å². The van der Waals surface area contributed by atoms with Gasteiger partial charge < -0.3 is 9.82 Å². The van der Waals surface area contributed by atoms with E-state index in [9.17, 15) is 4.79 Å². The number of hydrogen-bond acceptors (Lipinski definition) is 4. The number of aromatic nitrogens is 1. The molecule has 0 fully saturated rings. The summed E-state index contributed by atoms with van der Waals surface area (Å²) in [5.74, 6) is -0.378. The Morgan fingerprint density at radius 3 is 2.72 bits per heavy atom. The normalized spacial score (nSPS) is 11.8. The maximum Gasteiger partial charge on any atom is 0.280 e. The molecule has 6 heteroatoms. The second-order valence-corrected chi connectivity index (χ2v) is 5.42. The van der Waals surface area contributed by atoms with Gasteiger partial charge in [-0.05, 0) is 24.6 Å². The molecule has 0 atom stereocenters. The smallest absolute Gasteiger partial charge is 0.280 e. The molecule has 1 aromatic heterocycles. The van der Waals surface area contributed by atoms with Gasteiger partial charge in [-0.1, -0.05) is 53.7 Å². The Kier molecular flexibility index (Phi) is 5.21. The highest BCUT2D eigenvalue weighted by molar-refractivity contribution is 5.98. The first kappa shape index (κ1) is 16.4. The minimum Gasteiger partial charge on any atom is -0.385 e. The van der Waals surface area contributed by atoms with Crippen molar-refractivity contribution in [2.24, 2.45) is 10.3 Å². The summed E-state index contributed by atoms with van der Waals surface area (Å²) in [4.78, 5) is 19.9. The van der Waals surface area contributed by atoms with Crippen LogP contribution < -0.4 is 5.43 Å². The maximum absolute atomic E-state index is 11.7. The number of rotatable bonds is 6. The van der Waals surface area contributed by atoms with Gasteiger partial charge in [0.2, 0.25) is 0 Å². The number of fused-ring (bicyclic) bond motifs is 1. The van der Waals surface area contributed by atoms with Gasteiger partial charge in [0.1, 0.15) is 0 Å². The molecule has 3 aromatic rings. The number of oxime groups is 1. The molecule has 0 radical (unpaired) electrons. The van der Waals surface area contributed by atoms with E-state index < -0.39 is 0 Å². The average molecular weight is 334 g/mol. The number of para-hydroxylation sites is 1. The van der Waals surface area contributed by atoms with Gasteiger partial charge in [-0.25, -0.2) is 5.43 Å². The van der Waals surface area contributed by atoms with Crippen molar-refractivity contribution in [3.63, 3.8) is 0 Å². The molecule has 126 valence electrons. The van der Waals surface area contributed by atoms with Crippen molar-refractivity contribution in [1.29, 1.82) is 0 Å². The summed E-state index contributed by atoms with van der Waals surface area (Å²) >= 11 is 0. The van der Waals surface area contributed by atoms with E-state index in [4.69, 9.17) is 4.84 Å². The van der Waals surface area contributed by atoms with Crippen LogP contribution in [-0.2, 0) is 9.63 Å². The molecule has 0 bridgehead atoms. The molecule has 3 rings (SSSR count). The topological polar surface area (TPSA) is 78.8 Å². The number of carbonyl (C=O) groups is 1. The quantitative estimate of drug-likeness (QED) is 0.537. The first-order valence-electron chi connectivity index (χ1n) is 7.84. The zero-order chi connectivity index (χ0) is 17.5. The van der Waals surface area contributed by atoms with Crippen molar-refractivity contribution >= 4 is 28.7 Å². The Balaban J connectivity index is 1.48. The van der Waals surface area contributed by atoms with Gasteiger partial charge in [0.25, 0.3) is 5.91 Å². The van der Waals surface area contributed by atoms with Gasteiger partial charge in [-0.3, -0.25) is 4.79 Å². The summed E-state index contributed by atoms with van der Waals surface area (Å²) in [6.45, 7) is 1.62. The number of carbonyl (C=O) groups excluding carboxylic acids is 1. The molecule has 25 heavy (non-hydrogen) atoms. The molecule has 1 heterocycles. The van der Waals surface area contributed by atoms with Gasteiger partial charge in [-0.2, -0.15) is 5.10 Å². The fourth-order valence-corrected chi connectivity index (χ4v) is 2.29. The Labute approximate surface area is 145 Å². The van der Waals surface area contributed by atoms with E-state index in [-0.39, 0.29) is 12.5 Å². The van der Waals surface area contributed by atoms with Gasteiger partial charge in [0.15, 0.2) is 6.61 Å². The van der Waals surface area contributed by atoms with Crippen LogP contribution in [0.15, 0.2) is 70.9 Å². The predicted octanol–water partition coefficient (Wildman–Crippen LogP) is 3.06. The summed E-state index contributed by atoms with van der Waals surface area (Å²) in [6, 6.07) is 19.5. The van der Waals surface area contributed by atoms with Crippen LogP contribution in [0.25, 0.3) is 10.9 Å². The van der Waals surface area contributed by atoms with Gasteiger partial charge >= 0.3 is 0 Å². The summed E-state index contributed by atoms with van der Waals surface area (Å²) in [5.41, 5.74) is 5.88. The third kappa shape index (κ3) is 4.54. The first-order valence-corrected chi connectivity index (χ1v) is 7.84. The van der Waals surface area contributed by atoms with E-state index in [1.807, 2.05) is 67.6 Å². The van der Waals surface area contributed by atoms with E-state index in [1.54, 1.807) is 6.21 Å². The molecule has 2 N–H and O–H groups in total. The fourth-order valence-electron chi connectivity index (χ4n) is 2.29. The van der Waals surface area contributed by atoms with Gasteiger partial charge in [0.05, 0.1) is 17.6 Å². The van der Waals surface area contributed by atoms with Crippen molar-refractivity contribution in [1.82, 2.24) is 10.4 Å². The maximum atomic E-state index is 11.7. The van der Waals surface area contributed by atoms with Crippen LogP contribution in [0.5, 0.6) is 0 Å². The number of benzene rings is 2. The predicted molar refractivity (Wildman–Crippen MR) is 98.6 cm³/mol. The molecular formula is C19H18N4O2. The number of amides is 1. The third-order valence-corrected chi connectivity index (χ3v) is 3.53. The highest BCUT2D eigenvalue weighted by Crippen LogP contribution is 2.13. The Hall–Kier alpha value is -3.41. The third-order valence-electron chi connectivity index (χ3n) is 3.53. The van der Waals surface area contributed by atoms with E-state index in [2.05, 4.69) is 20.7 Å². The van der Waals surface area contributed by atoms with Crippen LogP contribution in [0.1, 0.15) is 18.2 Å².